The normalized spacial score (nSPS) is 14.0. The van der Waals surface area contributed by atoms with Crippen molar-refractivity contribution in [2.24, 2.45) is 0 Å². The van der Waals surface area contributed by atoms with Gasteiger partial charge in [-0.05, 0) is 55.3 Å². The Morgan fingerprint density at radius 1 is 1.00 bits per heavy atom. The van der Waals surface area contributed by atoms with Crippen molar-refractivity contribution >= 4 is 27.6 Å². The molecule has 1 N–H and O–H groups in total. The minimum Gasteiger partial charge on any atom is -0.465 e. The number of anilines is 1. The summed E-state index contributed by atoms with van der Waals surface area (Å²) in [5.41, 5.74) is 0.996. The number of esters is 1. The van der Waals surface area contributed by atoms with Gasteiger partial charge in [-0.15, -0.1) is 0 Å². The van der Waals surface area contributed by atoms with Gasteiger partial charge in [0.05, 0.1) is 17.6 Å². The van der Waals surface area contributed by atoms with E-state index >= 15 is 0 Å². The third-order valence-electron chi connectivity index (χ3n) is 4.34. The van der Waals surface area contributed by atoms with Gasteiger partial charge in [-0.2, -0.15) is 0 Å². The van der Waals surface area contributed by atoms with Crippen molar-refractivity contribution in [3.05, 3.63) is 59.7 Å². The molecule has 0 atom stereocenters. The van der Waals surface area contributed by atoms with E-state index < -0.39 is 16.0 Å². The topological polar surface area (TPSA) is 92.8 Å². The molecule has 2 aromatic rings. The summed E-state index contributed by atoms with van der Waals surface area (Å²) in [6.07, 6.45) is 2.02. The van der Waals surface area contributed by atoms with Crippen LogP contribution in [-0.4, -0.2) is 45.4 Å². The number of carbonyl (C=O) groups excluding carboxylic acids is 2. The van der Waals surface area contributed by atoms with Crippen LogP contribution in [0.25, 0.3) is 0 Å². The second-order valence-corrected chi connectivity index (χ2v) is 7.88. The summed E-state index contributed by atoms with van der Waals surface area (Å²) in [5.74, 6) is -0.662. The second kappa shape index (κ2) is 7.79. The molecule has 0 aromatic heterocycles. The van der Waals surface area contributed by atoms with E-state index in [-0.39, 0.29) is 16.4 Å². The quantitative estimate of drug-likeness (QED) is 0.795. The number of rotatable bonds is 5. The maximum absolute atomic E-state index is 12.6. The summed E-state index contributed by atoms with van der Waals surface area (Å²) in [4.78, 5) is 25.7. The van der Waals surface area contributed by atoms with E-state index in [9.17, 15) is 18.0 Å². The Balaban J connectivity index is 1.76. The van der Waals surface area contributed by atoms with E-state index in [1.165, 1.54) is 31.4 Å². The molecular formula is C19H20N2O5S. The lowest BCUT2D eigenvalue weighted by atomic mass is 10.2. The third-order valence-corrected chi connectivity index (χ3v) is 5.72. The van der Waals surface area contributed by atoms with E-state index in [0.717, 1.165) is 25.9 Å². The lowest BCUT2D eigenvalue weighted by Crippen LogP contribution is -2.27. The highest BCUT2D eigenvalue weighted by Gasteiger charge is 2.20. The van der Waals surface area contributed by atoms with Gasteiger partial charge in [0, 0.05) is 24.3 Å². The zero-order valence-corrected chi connectivity index (χ0v) is 15.7. The summed E-state index contributed by atoms with van der Waals surface area (Å²) >= 11 is 0. The molecular weight excluding hydrogens is 368 g/mol. The smallest absolute Gasteiger partial charge is 0.337 e. The van der Waals surface area contributed by atoms with Gasteiger partial charge < -0.3 is 9.64 Å². The number of benzene rings is 2. The summed E-state index contributed by atoms with van der Waals surface area (Å²) in [5, 5.41) is 0. The minimum atomic E-state index is -3.88. The maximum Gasteiger partial charge on any atom is 0.337 e. The molecule has 7 nitrogen and oxygen atoms in total. The van der Waals surface area contributed by atoms with Crippen LogP contribution >= 0.6 is 0 Å². The van der Waals surface area contributed by atoms with Gasteiger partial charge >= 0.3 is 5.97 Å². The van der Waals surface area contributed by atoms with Crippen LogP contribution in [-0.2, 0) is 14.8 Å². The van der Waals surface area contributed by atoms with Crippen LogP contribution in [0.2, 0.25) is 0 Å². The highest BCUT2D eigenvalue weighted by Crippen LogP contribution is 2.19. The van der Waals surface area contributed by atoms with Crippen molar-refractivity contribution in [1.82, 2.24) is 4.90 Å². The van der Waals surface area contributed by atoms with Gasteiger partial charge in [0.2, 0.25) is 0 Å². The third kappa shape index (κ3) is 4.28. The van der Waals surface area contributed by atoms with Crippen LogP contribution in [0.4, 0.5) is 5.69 Å². The fourth-order valence-corrected chi connectivity index (χ4v) is 4.01. The number of ether oxygens (including phenoxy) is 1. The van der Waals surface area contributed by atoms with Gasteiger partial charge in [-0.25, -0.2) is 13.2 Å². The molecule has 1 aliphatic heterocycles. The largest absolute Gasteiger partial charge is 0.465 e. The van der Waals surface area contributed by atoms with E-state index in [4.69, 9.17) is 0 Å². The van der Waals surface area contributed by atoms with Crippen molar-refractivity contribution in [2.45, 2.75) is 17.7 Å². The molecule has 1 fully saturated rings. The van der Waals surface area contributed by atoms with E-state index in [1.54, 1.807) is 29.2 Å². The molecule has 8 heteroatoms. The number of amides is 1. The van der Waals surface area contributed by atoms with Gasteiger partial charge in [0.25, 0.3) is 15.9 Å². The molecule has 0 spiro atoms. The molecule has 27 heavy (non-hydrogen) atoms. The van der Waals surface area contributed by atoms with Crippen LogP contribution in [0.5, 0.6) is 0 Å². The molecule has 1 heterocycles. The van der Waals surface area contributed by atoms with Crippen LogP contribution in [0.1, 0.15) is 33.6 Å². The Morgan fingerprint density at radius 2 is 1.67 bits per heavy atom. The zero-order valence-electron chi connectivity index (χ0n) is 14.8. The Bertz CT molecular complexity index is 948. The Morgan fingerprint density at radius 3 is 2.30 bits per heavy atom. The predicted octanol–water partition coefficient (Wildman–Crippen LogP) is 2.51. The van der Waals surface area contributed by atoms with Gasteiger partial charge in [-0.3, -0.25) is 9.52 Å². The molecule has 2 aromatic carbocycles. The number of sulfonamides is 1. The van der Waals surface area contributed by atoms with Crippen molar-refractivity contribution in [2.75, 3.05) is 24.9 Å². The number of carbonyl (C=O) groups is 2. The summed E-state index contributed by atoms with van der Waals surface area (Å²) in [6, 6.07) is 11.9. The van der Waals surface area contributed by atoms with Gasteiger partial charge in [-0.1, -0.05) is 6.07 Å². The highest BCUT2D eigenvalue weighted by molar-refractivity contribution is 7.92. The summed E-state index contributed by atoms with van der Waals surface area (Å²) in [6.45, 7) is 1.51. The Kier molecular flexibility index (Phi) is 5.46. The molecule has 1 amide bonds. The lowest BCUT2D eigenvalue weighted by Gasteiger charge is -2.15. The first-order chi connectivity index (χ1) is 12.9. The molecule has 1 aliphatic rings. The Labute approximate surface area is 158 Å². The molecule has 3 rings (SSSR count). The fourth-order valence-electron chi connectivity index (χ4n) is 2.91. The van der Waals surface area contributed by atoms with E-state index in [1.807, 2.05) is 0 Å². The highest BCUT2D eigenvalue weighted by atomic mass is 32.2. The molecule has 0 aliphatic carbocycles. The van der Waals surface area contributed by atoms with Crippen molar-refractivity contribution < 1.29 is 22.7 Å². The molecule has 1 saturated heterocycles. The first kappa shape index (κ1) is 18.9. The monoisotopic (exact) mass is 388 g/mol. The Hall–Kier alpha value is -2.87. The number of methoxy groups -OCH3 is 1. The standard InChI is InChI=1S/C19H20N2O5S/c1-26-19(23)15-5-4-6-17(13-15)27(24,25)20-16-9-7-14(8-10-16)18(22)21-11-2-3-12-21/h4-10,13,20H,2-3,11-12H2,1H3. The fraction of sp³-hybridized carbons (Fsp3) is 0.263. The van der Waals surface area contributed by atoms with Crippen molar-refractivity contribution in [3.8, 4) is 0 Å². The average molecular weight is 388 g/mol. The second-order valence-electron chi connectivity index (χ2n) is 6.20. The van der Waals surface area contributed by atoms with E-state index in [0.29, 0.717) is 11.3 Å². The number of nitrogens with zero attached hydrogens (tertiary/aromatic N) is 1. The summed E-state index contributed by atoms with van der Waals surface area (Å²) in [7, 11) is -2.65. The van der Waals surface area contributed by atoms with E-state index in [2.05, 4.69) is 9.46 Å². The number of likely N-dealkylation sites (tertiary alicyclic amines) is 1. The van der Waals surface area contributed by atoms with Crippen molar-refractivity contribution in [3.63, 3.8) is 0 Å². The molecule has 0 saturated carbocycles. The number of nitrogens with one attached hydrogen (secondary N) is 1. The van der Waals surface area contributed by atoms with Crippen LogP contribution in [0.15, 0.2) is 53.4 Å². The molecule has 142 valence electrons. The van der Waals surface area contributed by atoms with Crippen molar-refractivity contribution in [1.29, 1.82) is 0 Å². The molecule has 0 radical (unpaired) electrons. The van der Waals surface area contributed by atoms with Crippen LogP contribution in [0, 0.1) is 0 Å². The first-order valence-electron chi connectivity index (χ1n) is 8.51. The summed E-state index contributed by atoms with van der Waals surface area (Å²) < 4.78 is 32.2. The maximum atomic E-state index is 12.6. The van der Waals surface area contributed by atoms with Crippen LogP contribution in [0.3, 0.4) is 0 Å². The molecule has 0 bridgehead atoms. The van der Waals surface area contributed by atoms with Gasteiger partial charge in [0.15, 0.2) is 0 Å². The zero-order chi connectivity index (χ0) is 19.4. The average Bonchev–Trinajstić information content (AvgIpc) is 3.22. The predicted molar refractivity (Wildman–Crippen MR) is 100 cm³/mol. The number of hydrogen-bond donors (Lipinski definition) is 1. The molecule has 0 unspecified atom stereocenters. The van der Waals surface area contributed by atoms with Crippen LogP contribution < -0.4 is 4.72 Å². The lowest BCUT2D eigenvalue weighted by molar-refractivity contribution is 0.0600. The minimum absolute atomic E-state index is 0.0484. The number of hydrogen-bond acceptors (Lipinski definition) is 5. The first-order valence-corrected chi connectivity index (χ1v) is 9.99. The van der Waals surface area contributed by atoms with Gasteiger partial charge in [0.1, 0.15) is 0 Å². The SMILES string of the molecule is COC(=O)c1cccc(S(=O)(=O)Nc2ccc(C(=O)N3CCCC3)cc2)c1.